The minimum absolute atomic E-state index is 0.0499. The highest BCUT2D eigenvalue weighted by atomic mass is 32.1. The van der Waals surface area contributed by atoms with Gasteiger partial charge in [0.2, 0.25) is 5.91 Å². The Bertz CT molecular complexity index is 1010. The van der Waals surface area contributed by atoms with Crippen molar-refractivity contribution in [2.45, 2.75) is 85.9 Å². The molecule has 0 aliphatic carbocycles. The zero-order chi connectivity index (χ0) is 25.6. The summed E-state index contributed by atoms with van der Waals surface area (Å²) in [5.41, 5.74) is 10.5. The molecule has 4 N–H and O–H groups in total. The maximum atomic E-state index is 13.0. The van der Waals surface area contributed by atoms with Gasteiger partial charge in [-0.3, -0.25) is 9.59 Å². The predicted molar refractivity (Wildman–Crippen MR) is 137 cm³/mol. The molecule has 0 aliphatic heterocycles. The molecule has 6 nitrogen and oxygen atoms in total. The van der Waals surface area contributed by atoms with E-state index in [9.17, 15) is 19.8 Å². The maximum Gasteiger partial charge on any atom is 0.246 e. The van der Waals surface area contributed by atoms with Crippen LogP contribution in [0.1, 0.15) is 76.0 Å². The van der Waals surface area contributed by atoms with Gasteiger partial charge in [-0.05, 0) is 73.8 Å². The third-order valence-corrected chi connectivity index (χ3v) is 7.31. The topological polar surface area (TPSA) is 110 Å². The van der Waals surface area contributed by atoms with E-state index in [4.69, 9.17) is 10.5 Å². The van der Waals surface area contributed by atoms with Crippen molar-refractivity contribution >= 4 is 23.0 Å². The highest BCUT2D eigenvalue weighted by Crippen LogP contribution is 2.31. The summed E-state index contributed by atoms with van der Waals surface area (Å²) < 4.78 is 5.84. The molecule has 0 aliphatic rings. The van der Waals surface area contributed by atoms with E-state index in [2.05, 4.69) is 33.8 Å². The summed E-state index contributed by atoms with van der Waals surface area (Å²) in [5, 5.41) is 19.6. The maximum absolute atomic E-state index is 13.0. The standard InChI is InChI=1S/C27H39NO5S/c1-7-20-12-19(11-16(4)25(20)33-14-21(29)13-24(31)27(28)32)8-9-23(30)26-17(5)22(10-15(2)3)18(6)34-26/h11-12,15,21,24,29,31H,7-10,13-14H2,1-6H3,(H2,28,32)/t21-,24?/m0/s1. The third kappa shape index (κ3) is 7.39. The van der Waals surface area contributed by atoms with E-state index in [0.29, 0.717) is 24.5 Å². The Labute approximate surface area is 207 Å². The Morgan fingerprint density at radius 1 is 1.15 bits per heavy atom. The molecular formula is C27H39NO5S. The van der Waals surface area contributed by atoms with Gasteiger partial charge in [0.1, 0.15) is 18.5 Å². The van der Waals surface area contributed by atoms with Crippen LogP contribution < -0.4 is 10.5 Å². The highest BCUT2D eigenvalue weighted by Gasteiger charge is 2.20. The van der Waals surface area contributed by atoms with Crippen LogP contribution in [0.4, 0.5) is 0 Å². The number of carbonyl (C=O) groups excluding carboxylic acids is 2. The SMILES string of the molecule is CCc1cc(CCC(=O)c2sc(C)c(CC(C)C)c2C)cc(C)c1OC[C@@H](O)CC(O)C(N)=O. The summed E-state index contributed by atoms with van der Waals surface area (Å²) >= 11 is 1.61. The summed E-state index contributed by atoms with van der Waals surface area (Å²) in [6, 6.07) is 4.07. The fourth-order valence-electron chi connectivity index (χ4n) is 4.20. The first-order valence-electron chi connectivity index (χ1n) is 12.0. The van der Waals surface area contributed by atoms with Gasteiger partial charge in [-0.15, -0.1) is 11.3 Å². The number of benzene rings is 1. The number of carbonyl (C=O) groups is 2. The van der Waals surface area contributed by atoms with E-state index in [1.54, 1.807) is 11.3 Å². The van der Waals surface area contributed by atoms with E-state index in [1.807, 2.05) is 19.9 Å². The van der Waals surface area contributed by atoms with Gasteiger partial charge in [-0.2, -0.15) is 0 Å². The normalized spacial score (nSPS) is 13.2. The molecule has 188 valence electrons. The quantitative estimate of drug-likeness (QED) is 0.365. The van der Waals surface area contributed by atoms with E-state index in [1.165, 1.54) is 10.4 Å². The fourth-order valence-corrected chi connectivity index (χ4v) is 5.36. The van der Waals surface area contributed by atoms with E-state index in [-0.39, 0.29) is 18.8 Å². The lowest BCUT2D eigenvalue weighted by Gasteiger charge is -2.18. The van der Waals surface area contributed by atoms with Gasteiger partial charge in [0.15, 0.2) is 5.78 Å². The predicted octanol–water partition coefficient (Wildman–Crippen LogP) is 4.23. The lowest BCUT2D eigenvalue weighted by molar-refractivity contribution is -0.127. The number of ketones is 1. The minimum atomic E-state index is -1.40. The molecule has 0 saturated carbocycles. The van der Waals surface area contributed by atoms with Crippen molar-refractivity contribution < 1.29 is 24.5 Å². The number of aliphatic hydroxyl groups excluding tert-OH is 2. The second-order valence-corrected chi connectivity index (χ2v) is 10.7. The largest absolute Gasteiger partial charge is 0.490 e. The molecule has 0 fully saturated rings. The first-order valence-corrected chi connectivity index (χ1v) is 12.8. The summed E-state index contributed by atoms with van der Waals surface area (Å²) in [4.78, 5) is 26.1. The van der Waals surface area contributed by atoms with Gasteiger partial charge in [0, 0.05) is 17.7 Å². The minimum Gasteiger partial charge on any atom is -0.490 e. The molecule has 1 unspecified atom stereocenters. The van der Waals surface area contributed by atoms with Gasteiger partial charge in [-0.25, -0.2) is 0 Å². The molecular weight excluding hydrogens is 450 g/mol. The molecule has 34 heavy (non-hydrogen) atoms. The van der Waals surface area contributed by atoms with E-state index in [0.717, 1.165) is 40.0 Å². The number of Topliss-reactive ketones (excluding diaryl/α,β-unsaturated/α-hetero) is 1. The van der Waals surface area contributed by atoms with Crippen molar-refractivity contribution in [3.05, 3.63) is 49.7 Å². The molecule has 0 bridgehead atoms. The number of aliphatic hydroxyl groups is 2. The van der Waals surface area contributed by atoms with E-state index >= 15 is 0 Å². The van der Waals surface area contributed by atoms with Crippen molar-refractivity contribution in [3.63, 3.8) is 0 Å². The first kappa shape index (κ1) is 28.0. The van der Waals surface area contributed by atoms with Crippen LogP contribution in [0.3, 0.4) is 0 Å². The molecule has 1 aromatic carbocycles. The van der Waals surface area contributed by atoms with Crippen LogP contribution in [0.25, 0.3) is 0 Å². The van der Waals surface area contributed by atoms with Crippen LogP contribution >= 0.6 is 11.3 Å². The zero-order valence-corrected chi connectivity index (χ0v) is 22.1. The monoisotopic (exact) mass is 489 g/mol. The van der Waals surface area contributed by atoms with Crippen molar-refractivity contribution in [3.8, 4) is 5.75 Å². The van der Waals surface area contributed by atoms with Gasteiger partial charge in [0.25, 0.3) is 0 Å². The van der Waals surface area contributed by atoms with Gasteiger partial charge in [0.05, 0.1) is 11.0 Å². The van der Waals surface area contributed by atoms with Crippen molar-refractivity contribution in [1.29, 1.82) is 0 Å². The Kier molecular flexibility index (Phi) is 10.3. The van der Waals surface area contributed by atoms with Crippen LogP contribution in [-0.4, -0.2) is 40.7 Å². The Morgan fingerprint density at radius 2 is 1.82 bits per heavy atom. The van der Waals surface area contributed by atoms with Crippen molar-refractivity contribution in [2.75, 3.05) is 6.61 Å². The number of nitrogens with two attached hydrogens (primary N) is 1. The Balaban J connectivity index is 2.07. The molecule has 0 saturated heterocycles. The van der Waals surface area contributed by atoms with Gasteiger partial charge >= 0.3 is 0 Å². The van der Waals surface area contributed by atoms with Gasteiger partial charge < -0.3 is 20.7 Å². The first-order chi connectivity index (χ1) is 15.9. The van der Waals surface area contributed by atoms with Crippen LogP contribution in [0.2, 0.25) is 0 Å². The molecule has 2 rings (SSSR count). The van der Waals surface area contributed by atoms with Crippen LogP contribution in [-0.2, 0) is 24.1 Å². The summed E-state index contributed by atoms with van der Waals surface area (Å²) in [7, 11) is 0. The van der Waals surface area contributed by atoms with Crippen molar-refractivity contribution in [1.82, 2.24) is 0 Å². The number of rotatable bonds is 13. The number of amides is 1. The molecule has 0 spiro atoms. The summed E-state index contributed by atoms with van der Waals surface area (Å²) in [6.07, 6.45) is 0.253. The molecule has 2 aromatic rings. The van der Waals surface area contributed by atoms with E-state index < -0.39 is 18.1 Å². The number of thiophene rings is 1. The molecule has 2 atom stereocenters. The molecule has 1 aromatic heterocycles. The zero-order valence-electron chi connectivity index (χ0n) is 21.2. The third-order valence-electron chi connectivity index (χ3n) is 6.02. The Hall–Kier alpha value is -2.22. The van der Waals surface area contributed by atoms with Gasteiger partial charge in [-0.1, -0.05) is 32.9 Å². The lowest BCUT2D eigenvalue weighted by Crippen LogP contribution is -2.33. The van der Waals surface area contributed by atoms with Crippen molar-refractivity contribution in [2.24, 2.45) is 11.7 Å². The van der Waals surface area contributed by atoms with Crippen LogP contribution in [0, 0.1) is 26.7 Å². The number of hydrogen-bond donors (Lipinski definition) is 3. The van der Waals surface area contributed by atoms with Crippen LogP contribution in [0.5, 0.6) is 5.75 Å². The second kappa shape index (κ2) is 12.5. The highest BCUT2D eigenvalue weighted by molar-refractivity contribution is 7.14. The molecule has 1 heterocycles. The smallest absolute Gasteiger partial charge is 0.246 e. The average Bonchev–Trinajstić information content (AvgIpc) is 3.04. The Morgan fingerprint density at radius 3 is 2.41 bits per heavy atom. The summed E-state index contributed by atoms with van der Waals surface area (Å²) in [5.74, 6) is 0.564. The molecule has 0 radical (unpaired) electrons. The molecule has 7 heteroatoms. The summed E-state index contributed by atoms with van der Waals surface area (Å²) in [6.45, 7) is 12.5. The number of primary amides is 1. The second-order valence-electron chi connectivity index (χ2n) is 9.49. The van der Waals surface area contributed by atoms with Crippen LogP contribution in [0.15, 0.2) is 12.1 Å². The number of aryl methyl sites for hydroxylation is 4. The fraction of sp³-hybridized carbons (Fsp3) is 0.556. The number of ether oxygens (including phenoxy) is 1. The lowest BCUT2D eigenvalue weighted by atomic mass is 9.96. The average molecular weight is 490 g/mol. The number of hydrogen-bond acceptors (Lipinski definition) is 6. The molecule has 1 amide bonds.